The highest BCUT2D eigenvalue weighted by Gasteiger charge is 2.37. The van der Waals surface area contributed by atoms with Gasteiger partial charge in [-0.05, 0) is 49.8 Å². The van der Waals surface area contributed by atoms with Crippen LogP contribution in [0, 0.1) is 5.95 Å². The number of aryl methyl sites for hydroxylation is 1. The van der Waals surface area contributed by atoms with Crippen molar-refractivity contribution in [1.29, 1.82) is 0 Å². The zero-order valence-electron chi connectivity index (χ0n) is 18.2. The summed E-state index contributed by atoms with van der Waals surface area (Å²) in [5.74, 6) is 0.623. The SMILES string of the molecule is Cn1nc(C2CCC(N3CC(C[S+](C)[O-])OCC3Cc3ccc(Cl)cc3)CC2)cc1F. The molecule has 2 heterocycles. The number of hydrogen-bond acceptors (Lipinski definition) is 4. The molecule has 31 heavy (non-hydrogen) atoms. The van der Waals surface area contributed by atoms with E-state index in [1.165, 1.54) is 10.2 Å². The molecule has 170 valence electrons. The highest BCUT2D eigenvalue weighted by atomic mass is 35.5. The first kappa shape index (κ1) is 23.1. The first-order chi connectivity index (χ1) is 14.9. The molecule has 2 fully saturated rings. The fraction of sp³-hybridized carbons (Fsp3) is 0.609. The Morgan fingerprint density at radius 3 is 2.55 bits per heavy atom. The lowest BCUT2D eigenvalue weighted by Crippen LogP contribution is -2.56. The number of halogens is 2. The van der Waals surface area contributed by atoms with Crippen molar-refractivity contribution in [3.8, 4) is 0 Å². The summed E-state index contributed by atoms with van der Waals surface area (Å²) < 4.78 is 33.0. The third kappa shape index (κ3) is 5.82. The minimum Gasteiger partial charge on any atom is -0.616 e. The molecule has 1 saturated carbocycles. The van der Waals surface area contributed by atoms with Crippen molar-refractivity contribution in [2.24, 2.45) is 7.05 Å². The lowest BCUT2D eigenvalue weighted by molar-refractivity contribution is -0.0756. The summed E-state index contributed by atoms with van der Waals surface area (Å²) in [6.45, 7) is 1.46. The van der Waals surface area contributed by atoms with Crippen molar-refractivity contribution in [2.75, 3.05) is 25.2 Å². The van der Waals surface area contributed by atoms with E-state index in [0.29, 0.717) is 24.3 Å². The summed E-state index contributed by atoms with van der Waals surface area (Å²) >= 11 is 5.18. The van der Waals surface area contributed by atoms with E-state index in [0.717, 1.165) is 49.4 Å². The Labute approximate surface area is 192 Å². The Kier molecular flexibility index (Phi) is 7.60. The van der Waals surface area contributed by atoms with Gasteiger partial charge < -0.3 is 9.29 Å². The van der Waals surface area contributed by atoms with Crippen LogP contribution < -0.4 is 0 Å². The van der Waals surface area contributed by atoms with Gasteiger partial charge in [-0.3, -0.25) is 4.90 Å². The smallest absolute Gasteiger partial charge is 0.211 e. The quantitative estimate of drug-likeness (QED) is 0.604. The fourth-order valence-corrected chi connectivity index (χ4v) is 5.88. The Balaban J connectivity index is 1.43. The first-order valence-corrected chi connectivity index (χ1v) is 13.1. The average Bonchev–Trinajstić information content (AvgIpc) is 3.09. The molecule has 1 aromatic heterocycles. The summed E-state index contributed by atoms with van der Waals surface area (Å²) in [5, 5.41) is 5.10. The van der Waals surface area contributed by atoms with Gasteiger partial charge in [0.2, 0.25) is 5.95 Å². The number of benzene rings is 1. The highest BCUT2D eigenvalue weighted by Crippen LogP contribution is 2.36. The summed E-state index contributed by atoms with van der Waals surface area (Å²) in [4.78, 5) is 2.59. The molecule has 3 atom stereocenters. The van der Waals surface area contributed by atoms with E-state index in [1.54, 1.807) is 19.4 Å². The van der Waals surface area contributed by atoms with E-state index in [9.17, 15) is 8.94 Å². The standard InChI is InChI=1S/C23H31ClFN3O2S/c1-27-23(25)12-22(26-27)17-5-9-19(10-6-17)28-13-21(15-31(2)29)30-14-20(28)11-16-3-7-18(24)8-4-16/h3-4,7-8,12,17,19-21H,5-6,9-11,13-15H2,1-2H3. The third-order valence-electron chi connectivity index (χ3n) is 6.64. The highest BCUT2D eigenvalue weighted by molar-refractivity contribution is 7.90. The van der Waals surface area contributed by atoms with Crippen LogP contribution in [0.15, 0.2) is 30.3 Å². The molecular weight excluding hydrogens is 437 g/mol. The zero-order chi connectivity index (χ0) is 22.0. The molecule has 0 N–H and O–H groups in total. The Morgan fingerprint density at radius 2 is 1.94 bits per heavy atom. The van der Waals surface area contributed by atoms with Gasteiger partial charge in [0.15, 0.2) is 0 Å². The lowest BCUT2D eigenvalue weighted by Gasteiger charge is -2.46. The van der Waals surface area contributed by atoms with Crippen molar-refractivity contribution in [1.82, 2.24) is 14.7 Å². The Bertz CT molecular complexity index is 836. The summed E-state index contributed by atoms with van der Waals surface area (Å²) in [7, 11) is 1.65. The molecule has 8 heteroatoms. The second-order valence-corrected chi connectivity index (χ2v) is 10.8. The Hall–Kier alpha value is -1.12. The van der Waals surface area contributed by atoms with E-state index in [2.05, 4.69) is 22.1 Å². The van der Waals surface area contributed by atoms with Crippen molar-refractivity contribution in [3.05, 3.63) is 52.6 Å². The predicted molar refractivity (Wildman–Crippen MR) is 122 cm³/mol. The van der Waals surface area contributed by atoms with Gasteiger partial charge in [-0.15, -0.1) is 0 Å². The van der Waals surface area contributed by atoms with Gasteiger partial charge in [-0.2, -0.15) is 9.49 Å². The molecule has 2 aliphatic rings. The van der Waals surface area contributed by atoms with Crippen LogP contribution >= 0.6 is 11.6 Å². The first-order valence-electron chi connectivity index (χ1n) is 11.0. The molecule has 5 nitrogen and oxygen atoms in total. The average molecular weight is 468 g/mol. The van der Waals surface area contributed by atoms with E-state index < -0.39 is 11.2 Å². The molecule has 0 amide bonds. The molecule has 0 radical (unpaired) electrons. The van der Waals surface area contributed by atoms with Gasteiger partial charge in [0.25, 0.3) is 0 Å². The normalized spacial score (nSPS) is 28.5. The number of hydrogen-bond donors (Lipinski definition) is 0. The summed E-state index contributed by atoms with van der Waals surface area (Å²) in [6, 6.07) is 10.4. The molecule has 1 aliphatic heterocycles. The van der Waals surface area contributed by atoms with E-state index >= 15 is 0 Å². The number of ether oxygens (including phenoxy) is 1. The maximum absolute atomic E-state index is 13.7. The number of nitrogens with zero attached hydrogens (tertiary/aromatic N) is 3. The van der Waals surface area contributed by atoms with Gasteiger partial charge in [0.05, 0.1) is 18.6 Å². The molecule has 0 bridgehead atoms. The maximum atomic E-state index is 13.7. The van der Waals surface area contributed by atoms with E-state index in [1.807, 2.05) is 12.1 Å². The molecule has 1 aliphatic carbocycles. The van der Waals surface area contributed by atoms with Crippen LogP contribution in [0.1, 0.15) is 42.9 Å². The Morgan fingerprint density at radius 1 is 1.23 bits per heavy atom. The molecule has 4 rings (SSSR count). The van der Waals surface area contributed by atoms with Gasteiger partial charge in [-0.25, -0.2) is 4.68 Å². The van der Waals surface area contributed by atoms with Crippen LogP contribution in [0.4, 0.5) is 4.39 Å². The van der Waals surface area contributed by atoms with Crippen LogP contribution in [-0.2, 0) is 29.4 Å². The maximum Gasteiger partial charge on any atom is 0.211 e. The van der Waals surface area contributed by atoms with Crippen LogP contribution in [-0.4, -0.2) is 62.6 Å². The second-order valence-electron chi connectivity index (χ2n) is 8.90. The van der Waals surface area contributed by atoms with Gasteiger partial charge in [0.1, 0.15) is 11.9 Å². The van der Waals surface area contributed by atoms with Crippen molar-refractivity contribution in [2.45, 2.75) is 56.2 Å². The zero-order valence-corrected chi connectivity index (χ0v) is 19.7. The van der Waals surface area contributed by atoms with Gasteiger partial charge in [0, 0.05) is 42.7 Å². The molecule has 0 spiro atoms. The predicted octanol–water partition coefficient (Wildman–Crippen LogP) is 3.93. The van der Waals surface area contributed by atoms with Crippen LogP contribution in [0.3, 0.4) is 0 Å². The molecule has 1 saturated heterocycles. The van der Waals surface area contributed by atoms with E-state index in [4.69, 9.17) is 16.3 Å². The monoisotopic (exact) mass is 467 g/mol. The number of aromatic nitrogens is 2. The topological polar surface area (TPSA) is 53.4 Å². The minimum atomic E-state index is -0.878. The molecule has 3 unspecified atom stereocenters. The number of rotatable bonds is 6. The van der Waals surface area contributed by atoms with Crippen LogP contribution in [0.2, 0.25) is 5.02 Å². The fourth-order valence-electron chi connectivity index (χ4n) is 5.03. The summed E-state index contributed by atoms with van der Waals surface area (Å²) in [6.07, 6.45) is 6.79. The summed E-state index contributed by atoms with van der Waals surface area (Å²) in [5.41, 5.74) is 2.12. The third-order valence-corrected chi connectivity index (χ3v) is 7.73. The van der Waals surface area contributed by atoms with Crippen LogP contribution in [0.25, 0.3) is 0 Å². The molecular formula is C23H31ClFN3O2S. The van der Waals surface area contributed by atoms with Gasteiger partial charge in [-0.1, -0.05) is 34.9 Å². The second kappa shape index (κ2) is 10.2. The van der Waals surface area contributed by atoms with E-state index in [-0.39, 0.29) is 18.1 Å². The minimum absolute atomic E-state index is 0.00918. The number of morpholine rings is 1. The van der Waals surface area contributed by atoms with Crippen molar-refractivity contribution >= 4 is 22.8 Å². The van der Waals surface area contributed by atoms with Crippen molar-refractivity contribution in [3.63, 3.8) is 0 Å². The van der Waals surface area contributed by atoms with Crippen molar-refractivity contribution < 1.29 is 13.7 Å². The molecule has 2 aromatic rings. The van der Waals surface area contributed by atoms with Gasteiger partial charge >= 0.3 is 0 Å². The van der Waals surface area contributed by atoms with Crippen LogP contribution in [0.5, 0.6) is 0 Å². The molecule has 1 aromatic carbocycles. The lowest BCUT2D eigenvalue weighted by atomic mass is 9.82. The largest absolute Gasteiger partial charge is 0.616 e.